The summed E-state index contributed by atoms with van der Waals surface area (Å²) in [5, 5.41) is 85.0. The summed E-state index contributed by atoms with van der Waals surface area (Å²) in [4.78, 5) is 13.0. The lowest BCUT2D eigenvalue weighted by Gasteiger charge is -2.72. The SMILES string of the molecule is CC1(C)CCC2(C=O)C(C1)C1=CCC3C4(C)CCC(O[C@@H]5O[C@H](CO)[C@@H](O)[C@H](O)[C@H]5O)[C@@](C)(CO[C@H]5O[C@H](CO)[C@@H](O)[C@H]5O)C4CCC3(C)[C@]1(C)C[C@H]2O. The van der Waals surface area contributed by atoms with Gasteiger partial charge < -0.3 is 64.6 Å². The summed E-state index contributed by atoms with van der Waals surface area (Å²) >= 11 is 0. The molecule has 0 spiro atoms. The van der Waals surface area contributed by atoms with Gasteiger partial charge in [0.15, 0.2) is 12.6 Å². The zero-order chi connectivity index (χ0) is 39.4. The lowest BCUT2D eigenvalue weighted by molar-refractivity contribution is -0.336. The highest BCUT2D eigenvalue weighted by Crippen LogP contribution is 2.75. The molecular formula is C41H66O13. The van der Waals surface area contributed by atoms with Gasteiger partial charge in [0.05, 0.1) is 37.4 Å². The molecule has 13 nitrogen and oxygen atoms in total. The summed E-state index contributed by atoms with van der Waals surface area (Å²) in [6.07, 6.45) is -3.32. The van der Waals surface area contributed by atoms with Crippen LogP contribution in [0.5, 0.6) is 0 Å². The van der Waals surface area contributed by atoms with Crippen LogP contribution in [-0.4, -0.2) is 134 Å². The Balaban J connectivity index is 1.23. The number of aliphatic hydroxyl groups is 8. The number of aliphatic hydroxyl groups excluding tert-OH is 8. The fourth-order valence-corrected chi connectivity index (χ4v) is 13.4. The largest absolute Gasteiger partial charge is 0.394 e. The zero-order valence-electron chi connectivity index (χ0n) is 32.8. The van der Waals surface area contributed by atoms with Crippen molar-refractivity contribution in [1.29, 1.82) is 0 Å². The summed E-state index contributed by atoms with van der Waals surface area (Å²) < 4.78 is 24.5. The molecule has 7 rings (SSSR count). The third-order valence-electron chi connectivity index (χ3n) is 16.9. The first-order valence-electron chi connectivity index (χ1n) is 20.3. The Morgan fingerprint density at radius 2 is 1.39 bits per heavy atom. The summed E-state index contributed by atoms with van der Waals surface area (Å²) in [5.41, 5.74) is -1.00. The molecule has 19 atom stereocenters. The first-order chi connectivity index (χ1) is 25.3. The Morgan fingerprint density at radius 3 is 2.04 bits per heavy atom. The first kappa shape index (κ1) is 41.1. The van der Waals surface area contributed by atoms with Crippen molar-refractivity contribution >= 4 is 6.29 Å². The number of hydrogen-bond acceptors (Lipinski definition) is 13. The Labute approximate surface area is 319 Å². The molecule has 0 aromatic rings. The van der Waals surface area contributed by atoms with Crippen LogP contribution >= 0.6 is 0 Å². The van der Waals surface area contributed by atoms with Crippen molar-refractivity contribution in [3.8, 4) is 0 Å². The first-order valence-corrected chi connectivity index (χ1v) is 20.3. The second-order valence-electron chi connectivity index (χ2n) is 20.0. The second kappa shape index (κ2) is 14.0. The highest BCUT2D eigenvalue weighted by Gasteiger charge is 2.71. The maximum atomic E-state index is 13.0. The number of ether oxygens (including phenoxy) is 4. The number of hydrogen-bond donors (Lipinski definition) is 8. The van der Waals surface area contributed by atoms with Crippen molar-refractivity contribution in [2.24, 2.45) is 50.2 Å². The van der Waals surface area contributed by atoms with Gasteiger partial charge >= 0.3 is 0 Å². The average molecular weight is 767 g/mol. The van der Waals surface area contributed by atoms with Crippen molar-refractivity contribution in [2.75, 3.05) is 19.8 Å². The normalized spacial score (nSPS) is 55.5. The van der Waals surface area contributed by atoms with Crippen LogP contribution in [0.2, 0.25) is 0 Å². The van der Waals surface area contributed by atoms with Crippen molar-refractivity contribution in [1.82, 2.24) is 0 Å². The van der Waals surface area contributed by atoms with Crippen LogP contribution in [0, 0.1) is 50.2 Å². The molecule has 5 aliphatic carbocycles. The number of carbonyl (C=O) groups excluding carboxylic acids is 1. The van der Waals surface area contributed by atoms with E-state index in [1.807, 2.05) is 0 Å². The molecule has 2 aliphatic heterocycles. The van der Waals surface area contributed by atoms with Crippen LogP contribution < -0.4 is 0 Å². The molecule has 0 aromatic heterocycles. The molecule has 0 aromatic carbocycles. The maximum absolute atomic E-state index is 13.0. The predicted molar refractivity (Wildman–Crippen MR) is 193 cm³/mol. The predicted octanol–water partition coefficient (Wildman–Crippen LogP) is 1.58. The number of allylic oxidation sites excluding steroid dienone is 2. The smallest absolute Gasteiger partial charge is 0.186 e. The Morgan fingerprint density at radius 1 is 0.759 bits per heavy atom. The molecular weight excluding hydrogens is 700 g/mol. The number of fused-ring (bicyclic) bond motifs is 7. The van der Waals surface area contributed by atoms with Crippen LogP contribution in [0.25, 0.3) is 0 Å². The second-order valence-corrected chi connectivity index (χ2v) is 20.0. The van der Waals surface area contributed by atoms with E-state index in [1.165, 1.54) is 5.57 Å². The van der Waals surface area contributed by atoms with E-state index in [-0.39, 0.29) is 46.0 Å². The van der Waals surface area contributed by atoms with Gasteiger partial charge in [-0.3, -0.25) is 0 Å². The fourth-order valence-electron chi connectivity index (χ4n) is 13.4. The van der Waals surface area contributed by atoms with Crippen molar-refractivity contribution in [2.45, 2.75) is 167 Å². The van der Waals surface area contributed by atoms with Gasteiger partial charge in [0.1, 0.15) is 49.0 Å². The summed E-state index contributed by atoms with van der Waals surface area (Å²) in [7, 11) is 0. The van der Waals surface area contributed by atoms with Gasteiger partial charge in [0.25, 0.3) is 0 Å². The lowest BCUT2D eigenvalue weighted by Crippen LogP contribution is -2.68. The van der Waals surface area contributed by atoms with Gasteiger partial charge in [0.2, 0.25) is 0 Å². The fraction of sp³-hybridized carbons (Fsp3) is 0.927. The van der Waals surface area contributed by atoms with E-state index >= 15 is 0 Å². The highest BCUT2D eigenvalue weighted by molar-refractivity contribution is 5.64. The summed E-state index contributed by atoms with van der Waals surface area (Å²) in [6, 6.07) is 0. The Bertz CT molecular complexity index is 1440. The monoisotopic (exact) mass is 766 g/mol. The summed E-state index contributed by atoms with van der Waals surface area (Å²) in [6.45, 7) is 12.6. The average Bonchev–Trinajstić information content (AvgIpc) is 3.40. The molecule has 0 amide bonds. The third-order valence-corrected chi connectivity index (χ3v) is 16.9. The van der Waals surface area contributed by atoms with Crippen molar-refractivity contribution in [3.63, 3.8) is 0 Å². The van der Waals surface area contributed by atoms with E-state index < -0.39 is 91.6 Å². The van der Waals surface area contributed by atoms with Crippen LogP contribution in [-0.2, 0) is 23.7 Å². The van der Waals surface area contributed by atoms with Gasteiger partial charge in [-0.2, -0.15) is 0 Å². The molecule has 7 aliphatic rings. The van der Waals surface area contributed by atoms with E-state index in [9.17, 15) is 45.6 Å². The van der Waals surface area contributed by atoms with E-state index in [0.717, 1.165) is 44.8 Å². The maximum Gasteiger partial charge on any atom is 0.186 e. The third kappa shape index (κ3) is 5.88. The molecule has 2 heterocycles. The van der Waals surface area contributed by atoms with E-state index in [0.29, 0.717) is 19.3 Å². The van der Waals surface area contributed by atoms with Crippen LogP contribution in [0.1, 0.15) is 99.3 Å². The van der Waals surface area contributed by atoms with Gasteiger partial charge in [0, 0.05) is 5.41 Å². The molecule has 6 fully saturated rings. The molecule has 308 valence electrons. The minimum Gasteiger partial charge on any atom is -0.394 e. The van der Waals surface area contributed by atoms with E-state index in [4.69, 9.17) is 18.9 Å². The van der Waals surface area contributed by atoms with Crippen LogP contribution in [0.4, 0.5) is 0 Å². The minimum absolute atomic E-state index is 0.0203. The Hall–Kier alpha value is -1.07. The minimum atomic E-state index is -1.60. The molecule has 0 radical (unpaired) electrons. The molecule has 13 heteroatoms. The zero-order valence-corrected chi connectivity index (χ0v) is 32.8. The summed E-state index contributed by atoms with van der Waals surface area (Å²) in [5.74, 6) is 0.137. The van der Waals surface area contributed by atoms with E-state index in [2.05, 4.69) is 47.6 Å². The van der Waals surface area contributed by atoms with Crippen molar-refractivity contribution in [3.05, 3.63) is 11.6 Å². The standard InChI is InChI=1S/C41H66O13/c1-36(2)13-14-41(19-44)22(15-36)21-7-8-26-37(3)11-10-28(54-35-33(50)31(48)29(46)23(17-42)53-35)38(4,20-51-34-32(49)30(47)24(18-43)52-34)25(37)9-12-39(26,5)40(21,6)16-27(41)45/h7,19,22-35,42-43,45-50H,8-18,20H2,1-6H3/t22?,23-,24-,25?,26?,27-,28?,29-,30-,31+,32-,33-,34+,35+,37?,38+,39?,40-,41?/m1/s1. The number of rotatable bonds is 8. The molecule has 2 saturated heterocycles. The van der Waals surface area contributed by atoms with Crippen molar-refractivity contribution < 1.29 is 64.6 Å². The number of aldehydes is 1. The Kier molecular flexibility index (Phi) is 10.7. The van der Waals surface area contributed by atoms with Gasteiger partial charge in [-0.05, 0) is 97.2 Å². The molecule has 54 heavy (non-hydrogen) atoms. The van der Waals surface area contributed by atoms with Gasteiger partial charge in [-0.15, -0.1) is 0 Å². The molecule has 7 unspecified atom stereocenters. The van der Waals surface area contributed by atoms with Gasteiger partial charge in [-0.25, -0.2) is 0 Å². The van der Waals surface area contributed by atoms with E-state index in [1.54, 1.807) is 0 Å². The lowest BCUT2D eigenvalue weighted by atomic mass is 9.33. The van der Waals surface area contributed by atoms with Crippen LogP contribution in [0.15, 0.2) is 11.6 Å². The highest BCUT2D eigenvalue weighted by atomic mass is 16.7. The van der Waals surface area contributed by atoms with Gasteiger partial charge in [-0.1, -0.05) is 53.2 Å². The van der Waals surface area contributed by atoms with Crippen LogP contribution in [0.3, 0.4) is 0 Å². The molecule has 4 saturated carbocycles. The topological polar surface area (TPSA) is 216 Å². The quantitative estimate of drug-likeness (QED) is 0.100. The molecule has 8 N–H and O–H groups in total. The molecule has 0 bridgehead atoms. The number of carbonyl (C=O) groups is 1.